The predicted molar refractivity (Wildman–Crippen MR) is 36.8 cm³/mol. The molecule has 2 nitrogen and oxygen atoms in total. The van der Waals surface area contributed by atoms with E-state index in [0.717, 1.165) is 11.5 Å². The van der Waals surface area contributed by atoms with Crippen molar-refractivity contribution in [2.24, 2.45) is 4.99 Å². The van der Waals surface area contributed by atoms with E-state index in [2.05, 4.69) is 4.99 Å². The van der Waals surface area contributed by atoms with Crippen molar-refractivity contribution in [2.75, 3.05) is 7.05 Å². The van der Waals surface area contributed by atoms with Crippen LogP contribution in [0.3, 0.4) is 0 Å². The zero-order chi connectivity index (χ0) is 6.69. The van der Waals surface area contributed by atoms with Crippen LogP contribution in [0.1, 0.15) is 12.7 Å². The topological polar surface area (TPSA) is 25.5 Å². The van der Waals surface area contributed by atoms with E-state index in [0.29, 0.717) is 0 Å². The molecule has 0 amide bonds. The first-order valence-corrected chi connectivity index (χ1v) is 2.82. The summed E-state index contributed by atoms with van der Waals surface area (Å²) in [7, 11) is 1.75. The summed E-state index contributed by atoms with van der Waals surface area (Å²) in [5.41, 5.74) is 0.931. The molecule has 0 saturated heterocycles. The zero-order valence-corrected chi connectivity index (χ0v) is 5.59. The summed E-state index contributed by atoms with van der Waals surface area (Å²) in [4.78, 5) is 3.95. The Hall–Kier alpha value is -1.05. The van der Waals surface area contributed by atoms with Crippen molar-refractivity contribution in [1.82, 2.24) is 0 Å². The second-order valence-corrected chi connectivity index (χ2v) is 1.79. The number of hydrogen-bond acceptors (Lipinski definition) is 2. The Kier molecular flexibility index (Phi) is 1.68. The van der Waals surface area contributed by atoms with Crippen molar-refractivity contribution in [3.8, 4) is 0 Å². The van der Waals surface area contributed by atoms with Crippen LogP contribution >= 0.6 is 0 Å². The average Bonchev–Trinajstić information content (AvgIpc) is 2.37. The van der Waals surface area contributed by atoms with Crippen molar-refractivity contribution in [3.05, 3.63) is 24.2 Å². The molecule has 0 N–H and O–H groups in total. The number of nitrogens with zero attached hydrogens (tertiary/aromatic N) is 1. The summed E-state index contributed by atoms with van der Waals surface area (Å²) in [6.45, 7) is 1.92. The van der Waals surface area contributed by atoms with Gasteiger partial charge in [0.05, 0.1) is 12.0 Å². The maximum absolute atomic E-state index is 5.06. The van der Waals surface area contributed by atoms with Crippen molar-refractivity contribution in [3.63, 3.8) is 0 Å². The quantitative estimate of drug-likeness (QED) is 0.522. The van der Waals surface area contributed by atoms with Gasteiger partial charge in [0.2, 0.25) is 0 Å². The highest BCUT2D eigenvalue weighted by Crippen LogP contribution is 2.00. The Bertz CT molecular complexity index is 199. The van der Waals surface area contributed by atoms with Crippen LogP contribution in [0.4, 0.5) is 0 Å². The molecule has 0 aromatic carbocycles. The van der Waals surface area contributed by atoms with Crippen LogP contribution < -0.4 is 0 Å². The minimum atomic E-state index is 0.845. The van der Waals surface area contributed by atoms with Crippen LogP contribution in [0.15, 0.2) is 27.8 Å². The maximum Gasteiger partial charge on any atom is 0.147 e. The fraction of sp³-hybridized carbons (Fsp3) is 0.286. The fourth-order valence-corrected chi connectivity index (χ4v) is 0.595. The zero-order valence-electron chi connectivity index (χ0n) is 5.59. The molecule has 0 radical (unpaired) electrons. The first kappa shape index (κ1) is 6.08. The molecule has 0 saturated carbocycles. The van der Waals surface area contributed by atoms with Crippen LogP contribution in [0.25, 0.3) is 0 Å². The third-order valence-electron chi connectivity index (χ3n) is 1.21. The summed E-state index contributed by atoms with van der Waals surface area (Å²) < 4.78 is 5.06. The van der Waals surface area contributed by atoms with Gasteiger partial charge < -0.3 is 4.42 Å². The van der Waals surface area contributed by atoms with Gasteiger partial charge in [-0.3, -0.25) is 4.99 Å². The van der Waals surface area contributed by atoms with E-state index in [-0.39, 0.29) is 0 Å². The Morgan fingerprint density at radius 1 is 1.67 bits per heavy atom. The van der Waals surface area contributed by atoms with E-state index in [1.165, 1.54) is 0 Å². The lowest BCUT2D eigenvalue weighted by molar-refractivity contribution is 0.557. The Morgan fingerprint density at radius 2 is 2.44 bits per heavy atom. The highest BCUT2D eigenvalue weighted by atomic mass is 16.3. The van der Waals surface area contributed by atoms with Crippen LogP contribution in [0, 0.1) is 0 Å². The van der Waals surface area contributed by atoms with Gasteiger partial charge in [-0.1, -0.05) is 0 Å². The molecule has 0 aliphatic carbocycles. The minimum Gasteiger partial charge on any atom is -0.463 e. The number of hydrogen-bond donors (Lipinski definition) is 0. The molecule has 0 atom stereocenters. The molecule has 1 heterocycles. The summed E-state index contributed by atoms with van der Waals surface area (Å²) >= 11 is 0. The van der Waals surface area contributed by atoms with Crippen LogP contribution in [-0.2, 0) is 0 Å². The lowest BCUT2D eigenvalue weighted by Crippen LogP contribution is -1.89. The van der Waals surface area contributed by atoms with Crippen molar-refractivity contribution in [2.45, 2.75) is 6.92 Å². The van der Waals surface area contributed by atoms with E-state index in [1.807, 2.05) is 19.1 Å². The lowest BCUT2D eigenvalue weighted by atomic mass is 10.3. The van der Waals surface area contributed by atoms with Gasteiger partial charge in [-0.05, 0) is 19.1 Å². The minimum absolute atomic E-state index is 0.845. The van der Waals surface area contributed by atoms with Crippen molar-refractivity contribution < 1.29 is 4.42 Å². The Labute approximate surface area is 54.2 Å². The van der Waals surface area contributed by atoms with Crippen molar-refractivity contribution in [1.29, 1.82) is 0 Å². The molecule has 1 aromatic rings. The van der Waals surface area contributed by atoms with Gasteiger partial charge >= 0.3 is 0 Å². The molecule has 48 valence electrons. The molecule has 0 aliphatic rings. The Balaban J connectivity index is 2.90. The smallest absolute Gasteiger partial charge is 0.147 e. The van der Waals surface area contributed by atoms with E-state index in [1.54, 1.807) is 13.3 Å². The Morgan fingerprint density at radius 3 is 2.89 bits per heavy atom. The standard InChI is InChI=1S/C7H9NO/c1-6(8-2)7-4-3-5-9-7/h3-5H,1-2H3. The van der Waals surface area contributed by atoms with Crippen LogP contribution in [0.2, 0.25) is 0 Å². The van der Waals surface area contributed by atoms with Crippen molar-refractivity contribution >= 4 is 5.71 Å². The molecule has 1 rings (SSSR count). The van der Waals surface area contributed by atoms with E-state index >= 15 is 0 Å². The number of rotatable bonds is 1. The van der Waals surface area contributed by atoms with Gasteiger partial charge in [-0.15, -0.1) is 0 Å². The molecule has 0 spiro atoms. The molecule has 1 aromatic heterocycles. The first-order valence-electron chi connectivity index (χ1n) is 2.82. The van der Waals surface area contributed by atoms with Crippen LogP contribution in [0.5, 0.6) is 0 Å². The molecule has 0 bridgehead atoms. The summed E-state index contributed by atoms with van der Waals surface area (Å²) in [6, 6.07) is 3.74. The van der Waals surface area contributed by atoms with Gasteiger partial charge in [0, 0.05) is 7.05 Å². The molecule has 9 heavy (non-hydrogen) atoms. The second kappa shape index (κ2) is 2.49. The van der Waals surface area contributed by atoms with E-state index < -0.39 is 0 Å². The molecule has 0 unspecified atom stereocenters. The van der Waals surface area contributed by atoms with Crippen LogP contribution in [-0.4, -0.2) is 12.8 Å². The molecule has 0 fully saturated rings. The third kappa shape index (κ3) is 1.19. The monoisotopic (exact) mass is 123 g/mol. The lowest BCUT2D eigenvalue weighted by Gasteiger charge is -1.88. The number of aliphatic imine (C=N–C) groups is 1. The molecular weight excluding hydrogens is 114 g/mol. The van der Waals surface area contributed by atoms with Gasteiger partial charge in [0.1, 0.15) is 5.76 Å². The van der Waals surface area contributed by atoms with Gasteiger partial charge in [-0.25, -0.2) is 0 Å². The third-order valence-corrected chi connectivity index (χ3v) is 1.21. The summed E-state index contributed by atoms with van der Waals surface area (Å²) in [5.74, 6) is 0.845. The van der Waals surface area contributed by atoms with Gasteiger partial charge in [0.25, 0.3) is 0 Å². The van der Waals surface area contributed by atoms with Gasteiger partial charge in [-0.2, -0.15) is 0 Å². The van der Waals surface area contributed by atoms with E-state index in [9.17, 15) is 0 Å². The normalized spacial score (nSPS) is 12.0. The highest BCUT2D eigenvalue weighted by Gasteiger charge is 1.95. The SMILES string of the molecule is CN=C(C)c1ccco1. The predicted octanol–water partition coefficient (Wildman–Crippen LogP) is 1.72. The number of furan rings is 1. The maximum atomic E-state index is 5.06. The molecule has 2 heteroatoms. The second-order valence-electron chi connectivity index (χ2n) is 1.79. The molecular formula is C7H9NO. The fourth-order valence-electron chi connectivity index (χ4n) is 0.595. The first-order chi connectivity index (χ1) is 4.34. The summed E-state index contributed by atoms with van der Waals surface area (Å²) in [5, 5.41) is 0. The largest absolute Gasteiger partial charge is 0.463 e. The average molecular weight is 123 g/mol. The van der Waals surface area contributed by atoms with Gasteiger partial charge in [0.15, 0.2) is 0 Å². The highest BCUT2D eigenvalue weighted by molar-refractivity contribution is 5.95. The summed E-state index contributed by atoms with van der Waals surface area (Å²) in [6.07, 6.45) is 1.64. The van der Waals surface area contributed by atoms with E-state index in [4.69, 9.17) is 4.42 Å². The molecule has 0 aliphatic heterocycles.